The van der Waals surface area contributed by atoms with E-state index < -0.39 is 16.0 Å². The van der Waals surface area contributed by atoms with Crippen molar-refractivity contribution in [1.82, 2.24) is 5.01 Å². The fraction of sp³-hybridized carbons (Fsp3) is 0.125. The number of hydrazine groups is 1. The minimum absolute atomic E-state index is 0.0922. The van der Waals surface area contributed by atoms with E-state index in [2.05, 4.69) is 12.6 Å². The molecule has 0 aliphatic rings. The first-order chi connectivity index (χ1) is 13.2. The average Bonchev–Trinajstić information content (AvgIpc) is 2.62. The predicted molar refractivity (Wildman–Crippen MR) is 111 cm³/mol. The predicted octanol–water partition coefficient (Wildman–Crippen LogP) is 3.74. The smallest absolute Gasteiger partial charge is 0.292 e. The van der Waals surface area contributed by atoms with Crippen LogP contribution in [0.25, 0.3) is 0 Å². The molecule has 0 fully saturated rings. The molecule has 0 unspecified atom stereocenters. The maximum absolute atomic E-state index is 13.6. The second kappa shape index (κ2) is 9.78. The maximum Gasteiger partial charge on any atom is 0.292 e. The number of amidine groups is 1. The van der Waals surface area contributed by atoms with Gasteiger partial charge in [-0.2, -0.15) is 0 Å². The van der Waals surface area contributed by atoms with Crippen LogP contribution in [0.15, 0.2) is 46.2 Å². The number of nitrogens with two attached hydrogens (primary N) is 2. The van der Waals surface area contributed by atoms with Gasteiger partial charge in [0.15, 0.2) is 5.17 Å². The van der Waals surface area contributed by atoms with Gasteiger partial charge in [0.2, 0.25) is 0 Å². The fourth-order valence-electron chi connectivity index (χ4n) is 2.19. The van der Waals surface area contributed by atoms with E-state index in [4.69, 9.17) is 17.0 Å². The summed E-state index contributed by atoms with van der Waals surface area (Å²) in [7, 11) is 0. The van der Waals surface area contributed by atoms with Crippen molar-refractivity contribution in [2.75, 3.05) is 0 Å². The summed E-state index contributed by atoms with van der Waals surface area (Å²) in [4.78, 5) is 23.2. The van der Waals surface area contributed by atoms with E-state index in [-0.39, 0.29) is 23.2 Å². The van der Waals surface area contributed by atoms with Crippen molar-refractivity contribution in [2.45, 2.75) is 22.1 Å². The van der Waals surface area contributed by atoms with Crippen LogP contribution >= 0.6 is 36.2 Å². The van der Waals surface area contributed by atoms with Crippen LogP contribution in [-0.2, 0) is 12.3 Å². The summed E-state index contributed by atoms with van der Waals surface area (Å²) in [6, 6.07) is 8.41. The first-order valence-electron chi connectivity index (χ1n) is 7.63. The van der Waals surface area contributed by atoms with Gasteiger partial charge in [0, 0.05) is 27.7 Å². The van der Waals surface area contributed by atoms with Gasteiger partial charge < -0.3 is 5.73 Å². The topological polar surface area (TPSA) is 139 Å². The Morgan fingerprint density at radius 3 is 2.50 bits per heavy atom. The number of rotatable bonds is 7. The maximum atomic E-state index is 13.6. The monoisotopic (exact) mass is 441 g/mol. The van der Waals surface area contributed by atoms with Crippen LogP contribution in [0.5, 0.6) is 0 Å². The first-order valence-corrected chi connectivity index (χ1v) is 9.88. The summed E-state index contributed by atoms with van der Waals surface area (Å²) < 4.78 is 13.6. The number of hydrogen-bond donors (Lipinski definition) is 4. The molecule has 0 aromatic heterocycles. The van der Waals surface area contributed by atoms with Crippen LogP contribution in [0.2, 0.25) is 0 Å². The summed E-state index contributed by atoms with van der Waals surface area (Å²) in [5, 5.41) is 18.4. The Morgan fingerprint density at radius 2 is 1.89 bits per heavy atom. The molecule has 1 amide bonds. The lowest BCUT2D eigenvalue weighted by Gasteiger charge is -2.17. The Kier molecular flexibility index (Phi) is 7.69. The van der Waals surface area contributed by atoms with E-state index in [9.17, 15) is 19.3 Å². The Morgan fingerprint density at radius 1 is 1.25 bits per heavy atom. The molecular formula is C16H16FN5O3S3. The highest BCUT2D eigenvalue weighted by Gasteiger charge is 2.17. The molecular weight excluding hydrogens is 425 g/mol. The lowest BCUT2D eigenvalue weighted by atomic mass is 10.2. The number of hydrogen-bond acceptors (Lipinski definition) is 7. The Balaban J connectivity index is 2.40. The number of amides is 1. The molecule has 5 N–H and O–H groups in total. The number of carbonyl (C=O) groups is 1. The lowest BCUT2D eigenvalue weighted by molar-refractivity contribution is -0.385. The van der Waals surface area contributed by atoms with Gasteiger partial charge in [-0.3, -0.25) is 25.3 Å². The zero-order valence-corrected chi connectivity index (χ0v) is 16.8. The second-order valence-electron chi connectivity index (χ2n) is 5.47. The number of non-ortho nitro benzene ring substituents is 1. The molecule has 0 spiro atoms. The molecule has 0 bridgehead atoms. The third-order valence-corrected chi connectivity index (χ3v) is 5.73. The van der Waals surface area contributed by atoms with E-state index >= 15 is 0 Å². The molecule has 8 nitrogen and oxygen atoms in total. The first kappa shape index (κ1) is 22.0. The van der Waals surface area contributed by atoms with Gasteiger partial charge in [0.25, 0.3) is 10.9 Å². The van der Waals surface area contributed by atoms with Crippen LogP contribution in [0, 0.1) is 21.3 Å². The molecule has 2 rings (SSSR count). The third-order valence-electron chi connectivity index (χ3n) is 3.47. The van der Waals surface area contributed by atoms with E-state index in [0.29, 0.717) is 20.9 Å². The van der Waals surface area contributed by atoms with Gasteiger partial charge in [0.1, 0.15) is 5.82 Å². The van der Waals surface area contributed by atoms with E-state index in [1.807, 2.05) is 0 Å². The van der Waals surface area contributed by atoms with Crippen LogP contribution < -0.4 is 11.6 Å². The molecule has 0 aliphatic carbocycles. The highest BCUT2D eigenvalue weighted by molar-refractivity contribution is 8.13. The number of nitrogens with zero attached hydrogens (tertiary/aromatic N) is 2. The minimum Gasteiger partial charge on any atom is -0.379 e. The number of thioether (sulfide) groups is 1. The van der Waals surface area contributed by atoms with Crippen molar-refractivity contribution in [1.29, 1.82) is 5.41 Å². The largest absolute Gasteiger partial charge is 0.379 e. The zero-order chi connectivity index (χ0) is 20.8. The van der Waals surface area contributed by atoms with Crippen molar-refractivity contribution >= 4 is 52.2 Å². The van der Waals surface area contributed by atoms with Gasteiger partial charge in [0.05, 0.1) is 11.5 Å². The van der Waals surface area contributed by atoms with E-state index in [1.54, 1.807) is 12.1 Å². The van der Waals surface area contributed by atoms with Gasteiger partial charge in [-0.15, -0.1) is 0 Å². The number of carbonyl (C=O) groups excluding carboxylic acids is 1. The lowest BCUT2D eigenvalue weighted by Crippen LogP contribution is -2.32. The molecule has 0 atom stereocenters. The summed E-state index contributed by atoms with van der Waals surface area (Å²) in [6.45, 7) is -0.0922. The van der Waals surface area contributed by atoms with Crippen LogP contribution in [0.4, 0.5) is 14.9 Å². The highest BCUT2D eigenvalue weighted by atomic mass is 32.2. The highest BCUT2D eigenvalue weighted by Crippen LogP contribution is 2.36. The molecule has 28 heavy (non-hydrogen) atoms. The fourth-order valence-corrected chi connectivity index (χ4v) is 3.93. The van der Waals surface area contributed by atoms with Crippen LogP contribution in [0.1, 0.15) is 11.1 Å². The number of nitro benzene ring substituents is 1. The van der Waals surface area contributed by atoms with Crippen LogP contribution in [0.3, 0.4) is 0 Å². The van der Waals surface area contributed by atoms with E-state index in [0.717, 1.165) is 16.8 Å². The molecule has 0 radical (unpaired) electrons. The molecule has 0 heterocycles. The number of benzene rings is 2. The molecule has 2 aromatic rings. The van der Waals surface area contributed by atoms with Gasteiger partial charge in [-0.25, -0.2) is 10.2 Å². The van der Waals surface area contributed by atoms with E-state index in [1.165, 1.54) is 36.0 Å². The number of thiol groups is 1. The summed E-state index contributed by atoms with van der Waals surface area (Å²) in [6.07, 6.45) is 0. The minimum atomic E-state index is -0.692. The van der Waals surface area contributed by atoms with Gasteiger partial charge in [-0.05, 0) is 35.4 Å². The van der Waals surface area contributed by atoms with Crippen molar-refractivity contribution in [3.8, 4) is 0 Å². The van der Waals surface area contributed by atoms with Gasteiger partial charge >= 0.3 is 0 Å². The number of nitrogens with one attached hydrogen (secondary N) is 1. The Bertz CT molecular complexity index is 928. The molecule has 0 saturated carbocycles. The summed E-state index contributed by atoms with van der Waals surface area (Å²) in [5.41, 5.74) is 6.27. The van der Waals surface area contributed by atoms with Crippen LogP contribution in [-0.4, -0.2) is 20.3 Å². The molecule has 12 heteroatoms. The third kappa shape index (κ3) is 6.12. The normalized spacial score (nSPS) is 10.5. The average molecular weight is 442 g/mol. The summed E-state index contributed by atoms with van der Waals surface area (Å²) in [5.74, 6) is 5.46. The zero-order valence-electron chi connectivity index (χ0n) is 14.3. The second-order valence-corrected chi connectivity index (χ2v) is 7.95. The SMILES string of the molecule is N=C(N)SCc1cc(F)ccc1Sc1ccc([N+](=O)[O-])cc1CN(N)C(=O)S. The van der Waals surface area contributed by atoms with Gasteiger partial charge in [-0.1, -0.05) is 36.2 Å². The number of halogens is 1. The van der Waals surface area contributed by atoms with Crippen molar-refractivity contribution in [2.24, 2.45) is 11.6 Å². The van der Waals surface area contributed by atoms with Crippen molar-refractivity contribution < 1.29 is 14.1 Å². The standard InChI is InChI=1S/C16H16FN5O3S3/c17-11-1-3-14(10(5-11)8-27-15(18)19)28-13-4-2-12(22(24)25)6-9(13)7-21(20)16(23)26/h1-6H,7-8,20H2,(H3,18,19)(H,23,26). The van der Waals surface area contributed by atoms with Crippen molar-refractivity contribution in [3.63, 3.8) is 0 Å². The Hall–Kier alpha value is -2.28. The molecule has 0 aliphatic heterocycles. The Labute approximate surface area is 173 Å². The molecule has 0 saturated heterocycles. The molecule has 2 aromatic carbocycles. The quantitative estimate of drug-likeness (QED) is 0.0976. The molecule has 148 valence electrons. The number of nitro groups is 1. The van der Waals surface area contributed by atoms with Crippen molar-refractivity contribution in [3.05, 3.63) is 63.5 Å². The summed E-state index contributed by atoms with van der Waals surface area (Å²) >= 11 is 5.94.